The molecule has 0 aromatic carbocycles. The molecular weight excluding hydrogens is 352 g/mol. The lowest BCUT2D eigenvalue weighted by Crippen LogP contribution is -2.48. The summed E-state index contributed by atoms with van der Waals surface area (Å²) in [5.41, 5.74) is 4.68. The minimum absolute atomic E-state index is 0.0344. The quantitative estimate of drug-likeness (QED) is 0.484. The summed E-state index contributed by atoms with van der Waals surface area (Å²) in [5.74, 6) is 4.48. The van der Waals surface area contributed by atoms with Gasteiger partial charge >= 0.3 is 0 Å². The van der Waals surface area contributed by atoms with Crippen molar-refractivity contribution in [3.63, 3.8) is 0 Å². The predicted molar refractivity (Wildman–Crippen MR) is 124 cm³/mol. The van der Waals surface area contributed by atoms with Crippen LogP contribution in [0, 0.1) is 46.3 Å². The Balaban J connectivity index is 1.58. The molecule has 1 N–H and O–H groups in total. The molecule has 0 saturated heterocycles. The van der Waals surface area contributed by atoms with E-state index < -0.39 is 0 Å². The van der Waals surface area contributed by atoms with Crippen LogP contribution in [-0.2, 0) is 0 Å². The van der Waals surface area contributed by atoms with E-state index in [9.17, 15) is 5.11 Å². The largest absolute Gasteiger partial charge is 0.393 e. The van der Waals surface area contributed by atoms with Crippen LogP contribution < -0.4 is 0 Å². The van der Waals surface area contributed by atoms with E-state index in [1.54, 1.807) is 0 Å². The fraction of sp³-hybridized carbons (Fsp3) is 0.857. The molecule has 0 aromatic rings. The fourth-order valence-corrected chi connectivity index (χ4v) is 8.06. The van der Waals surface area contributed by atoms with Gasteiger partial charge in [-0.3, -0.25) is 0 Å². The first-order valence-corrected chi connectivity index (χ1v) is 12.8. The molecule has 29 heavy (non-hydrogen) atoms. The van der Waals surface area contributed by atoms with Crippen LogP contribution >= 0.6 is 0 Å². The van der Waals surface area contributed by atoms with Gasteiger partial charge in [-0.2, -0.15) is 0 Å². The molecule has 0 radical (unpaired) electrons. The highest BCUT2D eigenvalue weighted by Crippen LogP contribution is 2.65. The lowest BCUT2D eigenvalue weighted by atomic mass is 9.49. The highest BCUT2D eigenvalue weighted by Gasteiger charge is 2.55. The topological polar surface area (TPSA) is 20.2 Å². The van der Waals surface area contributed by atoms with Crippen molar-refractivity contribution >= 4 is 0 Å². The lowest BCUT2D eigenvalue weighted by Gasteiger charge is -2.56. The van der Waals surface area contributed by atoms with Crippen molar-refractivity contribution in [3.05, 3.63) is 23.3 Å². The Labute approximate surface area is 180 Å². The lowest BCUT2D eigenvalue weighted by molar-refractivity contribution is -0.0377. The summed E-state index contributed by atoms with van der Waals surface area (Å²) in [6.45, 7) is 14.7. The standard InChI is InChI=1S/C28H46O/c1-18(2)19(3)7-8-20(4)24-11-12-25-23-10-9-21-17-22(29)13-15-27(21,5)26(23)14-16-28(24,25)6/h7-8,18-22,24,26,29H,9-17H2,1-6H3/b8-7+/t19-,20+,21-,22-,24+,26-,27-,28+/m0/s1. The molecule has 0 bridgehead atoms. The average molecular weight is 399 g/mol. The molecule has 0 heterocycles. The third-order valence-electron chi connectivity index (χ3n) is 10.4. The van der Waals surface area contributed by atoms with Crippen LogP contribution in [0.4, 0.5) is 0 Å². The molecule has 4 rings (SSSR count). The molecule has 164 valence electrons. The fourth-order valence-electron chi connectivity index (χ4n) is 8.06. The van der Waals surface area contributed by atoms with Gasteiger partial charge in [-0.15, -0.1) is 0 Å². The van der Waals surface area contributed by atoms with Gasteiger partial charge in [0.2, 0.25) is 0 Å². The summed E-state index contributed by atoms with van der Waals surface area (Å²) < 4.78 is 0. The first-order chi connectivity index (χ1) is 13.7. The van der Waals surface area contributed by atoms with E-state index in [1.807, 2.05) is 11.1 Å². The number of rotatable bonds is 4. The first kappa shape index (κ1) is 21.7. The van der Waals surface area contributed by atoms with E-state index in [1.165, 1.54) is 44.9 Å². The third kappa shape index (κ3) is 3.58. The average Bonchev–Trinajstić information content (AvgIpc) is 3.03. The van der Waals surface area contributed by atoms with Crippen molar-refractivity contribution in [1.29, 1.82) is 0 Å². The maximum absolute atomic E-state index is 10.3. The number of hydrogen-bond acceptors (Lipinski definition) is 1. The molecule has 0 spiro atoms. The number of allylic oxidation sites excluding steroid dienone is 4. The van der Waals surface area contributed by atoms with Crippen LogP contribution in [0.15, 0.2) is 23.3 Å². The summed E-state index contributed by atoms with van der Waals surface area (Å²) in [6, 6.07) is 0. The zero-order chi connectivity index (χ0) is 21.0. The minimum atomic E-state index is -0.0344. The van der Waals surface area contributed by atoms with Crippen LogP contribution in [0.25, 0.3) is 0 Å². The Hall–Kier alpha value is -0.560. The van der Waals surface area contributed by atoms with Crippen molar-refractivity contribution < 1.29 is 5.11 Å². The van der Waals surface area contributed by atoms with E-state index >= 15 is 0 Å². The van der Waals surface area contributed by atoms with Gasteiger partial charge in [-0.1, -0.05) is 64.8 Å². The molecule has 4 aliphatic carbocycles. The maximum atomic E-state index is 10.3. The third-order valence-corrected chi connectivity index (χ3v) is 10.4. The van der Waals surface area contributed by atoms with E-state index in [0.717, 1.165) is 36.5 Å². The van der Waals surface area contributed by atoms with Crippen LogP contribution in [0.1, 0.15) is 99.3 Å². The minimum Gasteiger partial charge on any atom is -0.393 e. The van der Waals surface area contributed by atoms with Crippen molar-refractivity contribution in [2.24, 2.45) is 46.3 Å². The maximum Gasteiger partial charge on any atom is 0.0543 e. The Morgan fingerprint density at radius 3 is 2.41 bits per heavy atom. The van der Waals surface area contributed by atoms with Crippen LogP contribution in [0.3, 0.4) is 0 Å². The molecule has 0 amide bonds. The first-order valence-electron chi connectivity index (χ1n) is 12.8. The van der Waals surface area contributed by atoms with Gasteiger partial charge in [0.1, 0.15) is 0 Å². The summed E-state index contributed by atoms with van der Waals surface area (Å²) in [5, 5.41) is 10.3. The highest BCUT2D eigenvalue weighted by molar-refractivity contribution is 5.35. The second kappa shape index (κ2) is 7.85. The van der Waals surface area contributed by atoms with Crippen molar-refractivity contribution in [2.45, 2.75) is 105 Å². The number of aliphatic hydroxyl groups excluding tert-OH is 1. The molecule has 0 aromatic heterocycles. The molecule has 8 atom stereocenters. The van der Waals surface area contributed by atoms with Gasteiger partial charge in [-0.25, -0.2) is 0 Å². The Morgan fingerprint density at radius 1 is 0.931 bits per heavy atom. The van der Waals surface area contributed by atoms with Gasteiger partial charge < -0.3 is 5.11 Å². The van der Waals surface area contributed by atoms with Crippen LogP contribution in [0.2, 0.25) is 0 Å². The number of aliphatic hydroxyl groups is 1. The van der Waals surface area contributed by atoms with E-state index in [-0.39, 0.29) is 6.10 Å². The summed E-state index contributed by atoms with van der Waals surface area (Å²) in [6.07, 6.45) is 16.5. The molecule has 3 fully saturated rings. The zero-order valence-electron chi connectivity index (χ0n) is 20.0. The summed E-state index contributed by atoms with van der Waals surface area (Å²) in [4.78, 5) is 0. The molecular formula is C28H46O. The Bertz CT molecular complexity index is 672. The predicted octanol–water partition coefficient (Wildman–Crippen LogP) is 7.55. The summed E-state index contributed by atoms with van der Waals surface area (Å²) in [7, 11) is 0. The number of hydrogen-bond donors (Lipinski definition) is 1. The zero-order valence-corrected chi connectivity index (χ0v) is 20.0. The molecule has 1 nitrogen and oxygen atoms in total. The molecule has 3 saturated carbocycles. The summed E-state index contributed by atoms with van der Waals surface area (Å²) >= 11 is 0. The molecule has 0 unspecified atom stereocenters. The van der Waals surface area contributed by atoms with Crippen molar-refractivity contribution in [1.82, 2.24) is 0 Å². The molecule has 1 heteroatoms. The second-order valence-electron chi connectivity index (χ2n) is 12.2. The monoisotopic (exact) mass is 398 g/mol. The van der Waals surface area contributed by atoms with Gasteiger partial charge in [0.05, 0.1) is 6.10 Å². The van der Waals surface area contributed by atoms with E-state index in [0.29, 0.717) is 22.7 Å². The van der Waals surface area contributed by atoms with E-state index in [2.05, 4.69) is 53.7 Å². The molecule has 0 aliphatic heterocycles. The Morgan fingerprint density at radius 2 is 1.69 bits per heavy atom. The van der Waals surface area contributed by atoms with E-state index in [4.69, 9.17) is 0 Å². The van der Waals surface area contributed by atoms with Crippen LogP contribution in [0.5, 0.6) is 0 Å². The Kier molecular flexibility index (Phi) is 5.86. The van der Waals surface area contributed by atoms with Gasteiger partial charge in [0, 0.05) is 0 Å². The highest BCUT2D eigenvalue weighted by atomic mass is 16.3. The van der Waals surface area contributed by atoms with Gasteiger partial charge in [0.15, 0.2) is 0 Å². The van der Waals surface area contributed by atoms with Crippen LogP contribution in [-0.4, -0.2) is 11.2 Å². The van der Waals surface area contributed by atoms with Crippen molar-refractivity contribution in [3.8, 4) is 0 Å². The van der Waals surface area contributed by atoms with Crippen molar-refractivity contribution in [2.75, 3.05) is 0 Å². The molecule has 4 aliphatic rings. The smallest absolute Gasteiger partial charge is 0.0543 e. The number of fused-ring (bicyclic) bond motifs is 4. The SMILES string of the molecule is CC(C)[C@@H](C)/C=C/[C@@H](C)[C@H]1CCC2=C3CC[C@H]4C[C@@H](O)CC[C@]4(C)[C@H]3CC[C@@]21C. The van der Waals surface area contributed by atoms with Gasteiger partial charge in [-0.05, 0) is 104 Å². The second-order valence-corrected chi connectivity index (χ2v) is 12.2. The van der Waals surface area contributed by atoms with Gasteiger partial charge in [0.25, 0.3) is 0 Å². The normalized spacial score (nSPS) is 44.6.